The number of carbonyl (C=O) groups is 1. The highest BCUT2D eigenvalue weighted by atomic mass is 32.2. The van der Waals surface area contributed by atoms with Crippen LogP contribution in [-0.2, 0) is 11.3 Å². The molecule has 158 valence electrons. The molecule has 1 aliphatic rings. The van der Waals surface area contributed by atoms with Crippen molar-refractivity contribution in [2.75, 3.05) is 14.1 Å². The summed E-state index contributed by atoms with van der Waals surface area (Å²) in [6.07, 6.45) is 5.56. The van der Waals surface area contributed by atoms with Crippen molar-refractivity contribution in [3.8, 4) is 0 Å². The van der Waals surface area contributed by atoms with E-state index in [1.807, 2.05) is 25.1 Å². The lowest BCUT2D eigenvalue weighted by Gasteiger charge is -2.23. The van der Waals surface area contributed by atoms with Gasteiger partial charge in [0.1, 0.15) is 0 Å². The van der Waals surface area contributed by atoms with E-state index in [9.17, 15) is 4.79 Å². The molecular formula is C22H33N5OS. The molecule has 0 radical (unpaired) electrons. The van der Waals surface area contributed by atoms with Gasteiger partial charge in [-0.3, -0.25) is 9.69 Å². The van der Waals surface area contributed by atoms with Crippen molar-refractivity contribution in [1.29, 1.82) is 0 Å². The van der Waals surface area contributed by atoms with Crippen LogP contribution in [0.2, 0.25) is 0 Å². The molecule has 0 spiro atoms. The average molecular weight is 416 g/mol. The molecule has 0 bridgehead atoms. The molecule has 1 heterocycles. The molecule has 1 aromatic heterocycles. The van der Waals surface area contributed by atoms with Crippen molar-refractivity contribution in [2.45, 2.75) is 75.0 Å². The first-order valence-electron chi connectivity index (χ1n) is 10.6. The number of nitrogens with zero attached hydrogens (tertiary/aromatic N) is 4. The molecule has 1 saturated carbocycles. The standard InChI is InChI=1S/C22H33N5OS/c1-5-19(26(3)4)20-24-25-22(27(20)15-17-11-7-6-8-12-17)29-16(2)21(28)23-18-13-9-10-14-18/h6-8,11-12,16,18-19H,5,9-10,13-15H2,1-4H3,(H,23,28)/t16-,19-/m1/s1. The summed E-state index contributed by atoms with van der Waals surface area (Å²) in [6.45, 7) is 4.82. The normalized spacial score (nSPS) is 16.9. The fourth-order valence-electron chi connectivity index (χ4n) is 3.93. The largest absolute Gasteiger partial charge is 0.352 e. The van der Waals surface area contributed by atoms with Crippen LogP contribution in [0.3, 0.4) is 0 Å². The second-order valence-electron chi connectivity index (χ2n) is 8.05. The highest BCUT2D eigenvalue weighted by molar-refractivity contribution is 8.00. The molecule has 1 aromatic carbocycles. The minimum atomic E-state index is -0.207. The van der Waals surface area contributed by atoms with Crippen LogP contribution < -0.4 is 5.32 Å². The SMILES string of the molecule is CC[C@H](c1nnc(S[C@H](C)C(=O)NC2CCCC2)n1Cc1ccccc1)N(C)C. The number of hydrogen-bond donors (Lipinski definition) is 1. The van der Waals surface area contributed by atoms with Gasteiger partial charge in [-0.25, -0.2) is 0 Å². The summed E-state index contributed by atoms with van der Waals surface area (Å²) in [5.41, 5.74) is 1.20. The highest BCUT2D eigenvalue weighted by Crippen LogP contribution is 2.29. The van der Waals surface area contributed by atoms with E-state index in [4.69, 9.17) is 0 Å². The maximum absolute atomic E-state index is 12.7. The first-order chi connectivity index (χ1) is 14.0. The van der Waals surface area contributed by atoms with Crippen LogP contribution >= 0.6 is 11.8 Å². The van der Waals surface area contributed by atoms with Crippen molar-refractivity contribution < 1.29 is 4.79 Å². The Kier molecular flexibility index (Phi) is 7.72. The second-order valence-corrected chi connectivity index (χ2v) is 9.36. The van der Waals surface area contributed by atoms with Crippen molar-refractivity contribution in [3.63, 3.8) is 0 Å². The summed E-state index contributed by atoms with van der Waals surface area (Å²) in [5, 5.41) is 12.8. The maximum atomic E-state index is 12.7. The third kappa shape index (κ3) is 5.60. The number of amides is 1. The topological polar surface area (TPSA) is 63.1 Å². The molecule has 1 N–H and O–H groups in total. The van der Waals surface area contributed by atoms with Gasteiger partial charge in [-0.05, 0) is 45.8 Å². The van der Waals surface area contributed by atoms with Gasteiger partial charge in [-0.2, -0.15) is 0 Å². The summed E-state index contributed by atoms with van der Waals surface area (Å²) in [5.74, 6) is 1.05. The minimum absolute atomic E-state index is 0.0948. The van der Waals surface area contributed by atoms with Crippen LogP contribution in [0.1, 0.15) is 63.4 Å². The van der Waals surface area contributed by atoms with Gasteiger partial charge in [0.05, 0.1) is 17.8 Å². The Balaban J connectivity index is 1.81. The van der Waals surface area contributed by atoms with Crippen LogP contribution in [0.4, 0.5) is 0 Å². The Morgan fingerprint density at radius 3 is 2.55 bits per heavy atom. The van der Waals surface area contributed by atoms with Crippen LogP contribution in [0, 0.1) is 0 Å². The molecule has 3 rings (SSSR count). The van der Waals surface area contributed by atoms with Crippen molar-refractivity contribution in [2.24, 2.45) is 0 Å². The van der Waals surface area contributed by atoms with E-state index in [-0.39, 0.29) is 17.2 Å². The molecule has 0 unspecified atom stereocenters. The fraction of sp³-hybridized carbons (Fsp3) is 0.591. The van der Waals surface area contributed by atoms with E-state index in [1.54, 1.807) is 0 Å². The zero-order chi connectivity index (χ0) is 20.8. The zero-order valence-corrected chi connectivity index (χ0v) is 18.8. The lowest BCUT2D eigenvalue weighted by molar-refractivity contribution is -0.120. The Labute approximate surface area is 178 Å². The lowest BCUT2D eigenvalue weighted by Crippen LogP contribution is -2.37. The van der Waals surface area contributed by atoms with Gasteiger partial charge in [0.25, 0.3) is 0 Å². The van der Waals surface area contributed by atoms with Gasteiger partial charge < -0.3 is 9.88 Å². The van der Waals surface area contributed by atoms with E-state index < -0.39 is 0 Å². The summed E-state index contributed by atoms with van der Waals surface area (Å²) in [4.78, 5) is 14.9. The summed E-state index contributed by atoms with van der Waals surface area (Å²) >= 11 is 1.50. The zero-order valence-electron chi connectivity index (χ0n) is 18.0. The van der Waals surface area contributed by atoms with E-state index in [2.05, 4.69) is 58.1 Å². The van der Waals surface area contributed by atoms with Gasteiger partial charge in [-0.1, -0.05) is 61.9 Å². The number of aromatic nitrogens is 3. The Hall–Kier alpha value is -1.86. The first kappa shape index (κ1) is 21.8. The Morgan fingerprint density at radius 1 is 1.24 bits per heavy atom. The summed E-state index contributed by atoms with van der Waals surface area (Å²) in [6, 6.07) is 10.9. The molecule has 0 saturated heterocycles. The molecule has 7 heteroatoms. The summed E-state index contributed by atoms with van der Waals surface area (Å²) < 4.78 is 2.17. The predicted octanol–water partition coefficient (Wildman–Crippen LogP) is 3.88. The van der Waals surface area contributed by atoms with Crippen molar-refractivity contribution in [1.82, 2.24) is 25.0 Å². The van der Waals surface area contributed by atoms with Crippen LogP contribution in [0.15, 0.2) is 35.5 Å². The number of nitrogens with one attached hydrogen (secondary N) is 1. The van der Waals surface area contributed by atoms with Crippen LogP contribution in [0.25, 0.3) is 0 Å². The van der Waals surface area contributed by atoms with Gasteiger partial charge in [0.15, 0.2) is 11.0 Å². The number of benzene rings is 1. The highest BCUT2D eigenvalue weighted by Gasteiger charge is 2.26. The summed E-state index contributed by atoms with van der Waals surface area (Å²) in [7, 11) is 4.14. The quantitative estimate of drug-likeness (QED) is 0.630. The molecular weight excluding hydrogens is 382 g/mol. The molecule has 2 atom stereocenters. The average Bonchev–Trinajstić information content (AvgIpc) is 3.34. The van der Waals surface area contributed by atoms with E-state index in [0.717, 1.165) is 30.2 Å². The number of rotatable bonds is 9. The monoisotopic (exact) mass is 415 g/mol. The first-order valence-corrected chi connectivity index (χ1v) is 11.5. The molecule has 29 heavy (non-hydrogen) atoms. The van der Waals surface area contributed by atoms with Crippen molar-refractivity contribution >= 4 is 17.7 Å². The lowest BCUT2D eigenvalue weighted by atomic mass is 10.2. The maximum Gasteiger partial charge on any atom is 0.233 e. The van der Waals surface area contributed by atoms with E-state index >= 15 is 0 Å². The second kappa shape index (κ2) is 10.3. The Morgan fingerprint density at radius 2 is 1.93 bits per heavy atom. The van der Waals surface area contributed by atoms with Crippen LogP contribution in [-0.4, -0.2) is 51.0 Å². The van der Waals surface area contributed by atoms with Gasteiger partial charge in [-0.15, -0.1) is 10.2 Å². The van der Waals surface area contributed by atoms with Crippen molar-refractivity contribution in [3.05, 3.63) is 41.7 Å². The molecule has 1 fully saturated rings. The number of thioether (sulfide) groups is 1. The van der Waals surface area contributed by atoms with E-state index in [0.29, 0.717) is 12.6 Å². The molecule has 1 aliphatic carbocycles. The van der Waals surface area contributed by atoms with Crippen LogP contribution in [0.5, 0.6) is 0 Å². The Bertz CT molecular complexity index is 786. The molecule has 1 amide bonds. The number of carbonyl (C=O) groups excluding carboxylic acids is 1. The number of hydrogen-bond acceptors (Lipinski definition) is 5. The molecule has 6 nitrogen and oxygen atoms in total. The van der Waals surface area contributed by atoms with Gasteiger partial charge >= 0.3 is 0 Å². The molecule has 0 aliphatic heterocycles. The van der Waals surface area contributed by atoms with Gasteiger partial charge in [0.2, 0.25) is 5.91 Å². The minimum Gasteiger partial charge on any atom is -0.352 e. The third-order valence-corrected chi connectivity index (χ3v) is 6.67. The van der Waals surface area contributed by atoms with E-state index in [1.165, 1.54) is 30.2 Å². The smallest absolute Gasteiger partial charge is 0.233 e. The molecule has 2 aromatic rings. The van der Waals surface area contributed by atoms with Gasteiger partial charge in [0, 0.05) is 6.04 Å². The third-order valence-electron chi connectivity index (χ3n) is 5.59. The fourth-order valence-corrected chi connectivity index (χ4v) is 4.79. The predicted molar refractivity (Wildman–Crippen MR) is 118 cm³/mol.